The molecule has 23 heavy (non-hydrogen) atoms. The quantitative estimate of drug-likeness (QED) is 0.828. The van der Waals surface area contributed by atoms with Gasteiger partial charge in [-0.2, -0.15) is 0 Å². The fraction of sp³-hybridized carbons (Fsp3) is 0.333. The van der Waals surface area contributed by atoms with E-state index >= 15 is 0 Å². The number of hydrogen-bond donors (Lipinski definition) is 0. The first kappa shape index (κ1) is 15.8. The summed E-state index contributed by atoms with van der Waals surface area (Å²) in [5.74, 6) is 0.325. The van der Waals surface area contributed by atoms with Crippen molar-refractivity contribution >= 4 is 17.5 Å². The van der Waals surface area contributed by atoms with Gasteiger partial charge in [0.2, 0.25) is 5.88 Å². The van der Waals surface area contributed by atoms with Gasteiger partial charge in [0.1, 0.15) is 5.56 Å². The molecule has 4 nitrogen and oxygen atoms in total. The summed E-state index contributed by atoms with van der Waals surface area (Å²) in [5, 5.41) is 0.694. The number of carbonyl (C=O) groups is 1. The summed E-state index contributed by atoms with van der Waals surface area (Å²) in [6.45, 7) is 2.04. The van der Waals surface area contributed by atoms with Crippen molar-refractivity contribution in [3.05, 3.63) is 58.7 Å². The number of benzene rings is 1. The molecule has 120 valence electrons. The van der Waals surface area contributed by atoms with Crippen molar-refractivity contribution in [2.75, 3.05) is 7.11 Å². The van der Waals surface area contributed by atoms with Gasteiger partial charge >= 0.3 is 0 Å². The molecule has 5 heteroatoms. The molecule has 1 fully saturated rings. The molecule has 1 aromatic carbocycles. The van der Waals surface area contributed by atoms with Crippen LogP contribution in [0.25, 0.3) is 0 Å². The zero-order chi connectivity index (χ0) is 16.4. The molecule has 1 atom stereocenters. The maximum atomic E-state index is 13.1. The van der Waals surface area contributed by atoms with Crippen LogP contribution >= 0.6 is 11.6 Å². The number of nitrogens with zero attached hydrogens (tertiary/aromatic N) is 2. The van der Waals surface area contributed by atoms with Crippen LogP contribution in [0.4, 0.5) is 0 Å². The summed E-state index contributed by atoms with van der Waals surface area (Å²) in [7, 11) is 1.53. The summed E-state index contributed by atoms with van der Waals surface area (Å²) >= 11 is 5.96. The Hall–Kier alpha value is -2.07. The van der Waals surface area contributed by atoms with Crippen LogP contribution in [0.5, 0.6) is 5.88 Å². The Bertz CT molecular complexity index is 698. The van der Waals surface area contributed by atoms with Crippen LogP contribution in [-0.4, -0.2) is 28.9 Å². The van der Waals surface area contributed by atoms with Gasteiger partial charge in [-0.1, -0.05) is 23.7 Å². The molecule has 3 rings (SSSR count). The summed E-state index contributed by atoms with van der Waals surface area (Å²) in [6, 6.07) is 11.4. The molecule has 0 N–H and O–H groups in total. The SMILES string of the molecule is COc1ncccc1C(=O)N(C1CC1)[C@H](C)c1ccc(Cl)cc1. The second-order valence-corrected chi connectivity index (χ2v) is 6.17. The van der Waals surface area contributed by atoms with Crippen LogP contribution in [0.2, 0.25) is 5.02 Å². The molecule has 0 unspecified atom stereocenters. The number of amides is 1. The van der Waals surface area contributed by atoms with Crippen molar-refractivity contribution in [1.29, 1.82) is 0 Å². The third kappa shape index (κ3) is 3.32. The van der Waals surface area contributed by atoms with Crippen LogP contribution in [0.15, 0.2) is 42.6 Å². The lowest BCUT2D eigenvalue weighted by Gasteiger charge is -2.30. The molecule has 1 heterocycles. The van der Waals surface area contributed by atoms with E-state index in [0.29, 0.717) is 16.5 Å². The first-order chi connectivity index (χ1) is 11.1. The molecule has 0 spiro atoms. The molecule has 0 radical (unpaired) electrons. The molecular weight excluding hydrogens is 312 g/mol. The zero-order valence-corrected chi connectivity index (χ0v) is 14.0. The molecule has 1 aliphatic rings. The molecule has 1 aliphatic carbocycles. The minimum absolute atomic E-state index is 0.0304. The van der Waals surface area contributed by atoms with Gasteiger partial charge in [0.15, 0.2) is 0 Å². The lowest BCUT2D eigenvalue weighted by molar-refractivity contribution is 0.0669. The fourth-order valence-electron chi connectivity index (χ4n) is 2.77. The Morgan fingerprint density at radius 3 is 2.61 bits per heavy atom. The van der Waals surface area contributed by atoms with E-state index in [0.717, 1.165) is 18.4 Å². The molecule has 1 aromatic heterocycles. The van der Waals surface area contributed by atoms with E-state index in [1.165, 1.54) is 7.11 Å². The van der Waals surface area contributed by atoms with Gasteiger partial charge in [0, 0.05) is 17.3 Å². The third-order valence-electron chi connectivity index (χ3n) is 4.14. The summed E-state index contributed by atoms with van der Waals surface area (Å²) in [4.78, 5) is 19.1. The number of aromatic nitrogens is 1. The number of halogens is 1. The van der Waals surface area contributed by atoms with Gasteiger partial charge in [-0.05, 0) is 49.6 Å². The van der Waals surface area contributed by atoms with E-state index < -0.39 is 0 Å². The van der Waals surface area contributed by atoms with Crippen LogP contribution in [-0.2, 0) is 0 Å². The van der Waals surface area contributed by atoms with Crippen LogP contribution in [0.1, 0.15) is 41.7 Å². The summed E-state index contributed by atoms with van der Waals surface area (Å²) in [6.07, 6.45) is 3.69. The number of pyridine rings is 1. The highest BCUT2D eigenvalue weighted by Crippen LogP contribution is 2.36. The Kier molecular flexibility index (Phi) is 4.53. The second kappa shape index (κ2) is 6.59. The van der Waals surface area contributed by atoms with Crippen molar-refractivity contribution in [3.8, 4) is 5.88 Å². The molecule has 0 aliphatic heterocycles. The lowest BCUT2D eigenvalue weighted by Crippen LogP contribution is -2.35. The third-order valence-corrected chi connectivity index (χ3v) is 4.39. The maximum Gasteiger partial charge on any atom is 0.260 e. The number of rotatable bonds is 5. The van der Waals surface area contributed by atoms with Crippen molar-refractivity contribution < 1.29 is 9.53 Å². The topological polar surface area (TPSA) is 42.4 Å². The summed E-state index contributed by atoms with van der Waals surface area (Å²) < 4.78 is 5.24. The number of carbonyl (C=O) groups excluding carboxylic acids is 1. The second-order valence-electron chi connectivity index (χ2n) is 5.73. The van der Waals surface area contributed by atoms with Gasteiger partial charge in [-0.15, -0.1) is 0 Å². The highest BCUT2D eigenvalue weighted by atomic mass is 35.5. The molecule has 1 amide bonds. The number of hydrogen-bond acceptors (Lipinski definition) is 3. The first-order valence-corrected chi connectivity index (χ1v) is 8.06. The number of ether oxygens (including phenoxy) is 1. The molecule has 0 bridgehead atoms. The van der Waals surface area contributed by atoms with E-state index in [1.807, 2.05) is 36.1 Å². The molecule has 2 aromatic rings. The Balaban J connectivity index is 1.92. The molecule has 1 saturated carbocycles. The minimum Gasteiger partial charge on any atom is -0.480 e. The van der Waals surface area contributed by atoms with Crippen molar-refractivity contribution in [1.82, 2.24) is 9.88 Å². The normalized spacial score (nSPS) is 15.1. The number of methoxy groups -OCH3 is 1. The molecular formula is C18H19ClN2O2. The fourth-order valence-corrected chi connectivity index (χ4v) is 2.89. The average Bonchev–Trinajstić information content (AvgIpc) is 3.40. The van der Waals surface area contributed by atoms with Gasteiger partial charge < -0.3 is 9.64 Å². The first-order valence-electron chi connectivity index (χ1n) is 7.69. The van der Waals surface area contributed by atoms with Crippen molar-refractivity contribution in [2.24, 2.45) is 0 Å². The van der Waals surface area contributed by atoms with Crippen molar-refractivity contribution in [3.63, 3.8) is 0 Å². The Morgan fingerprint density at radius 2 is 2.00 bits per heavy atom. The van der Waals surface area contributed by atoms with Gasteiger partial charge in [0.25, 0.3) is 5.91 Å². The van der Waals surface area contributed by atoms with E-state index in [4.69, 9.17) is 16.3 Å². The predicted molar refractivity (Wildman–Crippen MR) is 89.8 cm³/mol. The van der Waals surface area contributed by atoms with Gasteiger partial charge in [-0.25, -0.2) is 4.98 Å². The largest absolute Gasteiger partial charge is 0.480 e. The molecule has 0 saturated heterocycles. The smallest absolute Gasteiger partial charge is 0.260 e. The lowest BCUT2D eigenvalue weighted by atomic mass is 10.1. The van der Waals surface area contributed by atoms with E-state index in [2.05, 4.69) is 4.98 Å². The zero-order valence-electron chi connectivity index (χ0n) is 13.2. The van der Waals surface area contributed by atoms with E-state index in [1.54, 1.807) is 18.3 Å². The standard InChI is InChI=1S/C18H19ClN2O2/c1-12(13-5-7-14(19)8-6-13)21(15-9-10-15)18(22)16-4-3-11-20-17(16)23-2/h3-8,11-12,15H,9-10H2,1-2H3/t12-/m1/s1. The maximum absolute atomic E-state index is 13.1. The Labute approximate surface area is 141 Å². The van der Waals surface area contributed by atoms with Gasteiger partial charge in [-0.3, -0.25) is 4.79 Å². The van der Waals surface area contributed by atoms with Crippen LogP contribution < -0.4 is 4.74 Å². The average molecular weight is 331 g/mol. The monoisotopic (exact) mass is 330 g/mol. The van der Waals surface area contributed by atoms with E-state index in [-0.39, 0.29) is 18.0 Å². The summed E-state index contributed by atoms with van der Waals surface area (Å²) in [5.41, 5.74) is 1.57. The highest BCUT2D eigenvalue weighted by molar-refractivity contribution is 6.30. The van der Waals surface area contributed by atoms with Crippen LogP contribution in [0.3, 0.4) is 0 Å². The van der Waals surface area contributed by atoms with Crippen molar-refractivity contribution in [2.45, 2.75) is 31.8 Å². The Morgan fingerprint density at radius 1 is 1.30 bits per heavy atom. The predicted octanol–water partition coefficient (Wildman–Crippen LogP) is 4.11. The van der Waals surface area contributed by atoms with E-state index in [9.17, 15) is 4.79 Å². The van der Waals surface area contributed by atoms with Gasteiger partial charge in [0.05, 0.1) is 13.2 Å². The highest BCUT2D eigenvalue weighted by Gasteiger charge is 2.37. The van der Waals surface area contributed by atoms with Crippen LogP contribution in [0, 0.1) is 0 Å². The minimum atomic E-state index is -0.0418.